The average Bonchev–Trinajstić information content (AvgIpc) is 3.12. The molecule has 5 heterocycles. The largest absolute Gasteiger partial charge is 0.307 e. The molecule has 0 amide bonds. The summed E-state index contributed by atoms with van der Waals surface area (Å²) in [7, 11) is 0. The van der Waals surface area contributed by atoms with Crippen molar-refractivity contribution >= 4 is 90.5 Å². The second kappa shape index (κ2) is 10.0. The van der Waals surface area contributed by atoms with Gasteiger partial charge in [-0.2, -0.15) is 0 Å². The van der Waals surface area contributed by atoms with E-state index in [-0.39, 0.29) is 0 Å². The van der Waals surface area contributed by atoms with Gasteiger partial charge in [0.05, 0.1) is 68.6 Å². The molecule has 10 rings (SSSR count). The minimum absolute atomic E-state index is 0.807. The highest BCUT2D eigenvalue weighted by Gasteiger charge is 2.27. The standard InChI is InChI=1S/C38H22N6S2/c1-5-13-31-27(9-1)43(28-10-2-6-14-32(28)45-31)23-19-25-35-36(40-18-17-39-35)26-20-24(22-42-38(26)37(25)41-21-23)44-29-11-3-7-15-33(29)46-34-16-8-4-12-30(34)44/h1-22H. The van der Waals surface area contributed by atoms with Gasteiger partial charge in [0, 0.05) is 42.7 Å². The summed E-state index contributed by atoms with van der Waals surface area (Å²) in [6.45, 7) is 0. The molecule has 2 aliphatic heterocycles. The number of benzene rings is 5. The number of nitrogens with zero attached hydrogens (tertiary/aromatic N) is 6. The minimum atomic E-state index is 0.807. The zero-order chi connectivity index (χ0) is 30.2. The molecule has 0 bridgehead atoms. The number of para-hydroxylation sites is 4. The highest BCUT2D eigenvalue weighted by atomic mass is 32.2. The molecule has 0 aliphatic carbocycles. The highest BCUT2D eigenvalue weighted by Crippen LogP contribution is 2.53. The zero-order valence-electron chi connectivity index (χ0n) is 24.2. The molecular formula is C38H22N6S2. The van der Waals surface area contributed by atoms with Gasteiger partial charge in [0.25, 0.3) is 0 Å². The van der Waals surface area contributed by atoms with Gasteiger partial charge >= 0.3 is 0 Å². The Kier molecular flexibility index (Phi) is 5.64. The van der Waals surface area contributed by atoms with Gasteiger partial charge in [0.15, 0.2) is 0 Å². The van der Waals surface area contributed by atoms with Gasteiger partial charge in [-0.15, -0.1) is 0 Å². The molecule has 0 unspecified atom stereocenters. The predicted octanol–water partition coefficient (Wildman–Crippen LogP) is 10.6. The summed E-state index contributed by atoms with van der Waals surface area (Å²) in [4.78, 5) is 29.4. The Morgan fingerprint density at radius 1 is 0.391 bits per heavy atom. The van der Waals surface area contributed by atoms with Crippen molar-refractivity contribution in [1.29, 1.82) is 0 Å². The molecule has 46 heavy (non-hydrogen) atoms. The maximum Gasteiger partial charge on any atom is 0.0989 e. The van der Waals surface area contributed by atoms with Crippen molar-refractivity contribution in [2.75, 3.05) is 9.80 Å². The lowest BCUT2D eigenvalue weighted by molar-refractivity contribution is 1.15. The van der Waals surface area contributed by atoms with Gasteiger partial charge < -0.3 is 9.80 Å². The number of anilines is 6. The molecule has 0 atom stereocenters. The third-order valence-corrected chi connectivity index (χ3v) is 10.8. The lowest BCUT2D eigenvalue weighted by Crippen LogP contribution is -2.15. The second-order valence-corrected chi connectivity index (χ2v) is 13.3. The Hall–Kier alpha value is -5.44. The Morgan fingerprint density at radius 2 is 0.717 bits per heavy atom. The highest BCUT2D eigenvalue weighted by molar-refractivity contribution is 8.00. The molecule has 8 heteroatoms. The summed E-state index contributed by atoms with van der Waals surface area (Å²) in [5.41, 5.74) is 9.69. The van der Waals surface area contributed by atoms with Crippen LogP contribution in [0.15, 0.2) is 154 Å². The molecule has 6 nitrogen and oxygen atoms in total. The Labute approximate surface area is 272 Å². The minimum Gasteiger partial charge on any atom is -0.307 e. The quantitative estimate of drug-likeness (QED) is 0.176. The predicted molar refractivity (Wildman–Crippen MR) is 188 cm³/mol. The second-order valence-electron chi connectivity index (χ2n) is 11.2. The molecule has 3 aromatic heterocycles. The van der Waals surface area contributed by atoms with E-state index in [1.807, 2.05) is 12.4 Å². The van der Waals surface area contributed by atoms with Crippen molar-refractivity contribution in [3.8, 4) is 0 Å². The van der Waals surface area contributed by atoms with Crippen molar-refractivity contribution in [2.45, 2.75) is 19.6 Å². The van der Waals surface area contributed by atoms with E-state index in [0.29, 0.717) is 0 Å². The van der Waals surface area contributed by atoms with E-state index >= 15 is 0 Å². The third kappa shape index (κ3) is 3.81. The first kappa shape index (κ1) is 25.8. The Balaban J connectivity index is 1.20. The number of hydrogen-bond donors (Lipinski definition) is 0. The lowest BCUT2D eigenvalue weighted by Gasteiger charge is -2.33. The SMILES string of the molecule is c1ccc2c(c1)Sc1ccccc1N2c1cnc2c(c1)c1nccnc1c1cc(N3c4ccccc4Sc4ccccc43)cnc12. The van der Waals surface area contributed by atoms with E-state index in [2.05, 4.69) is 119 Å². The van der Waals surface area contributed by atoms with Crippen LogP contribution in [0.3, 0.4) is 0 Å². The van der Waals surface area contributed by atoms with Crippen molar-refractivity contribution in [3.05, 3.63) is 134 Å². The van der Waals surface area contributed by atoms with Gasteiger partial charge in [-0.25, -0.2) is 0 Å². The zero-order valence-corrected chi connectivity index (χ0v) is 25.8. The normalized spacial score (nSPS) is 13.4. The van der Waals surface area contributed by atoms with Crippen molar-refractivity contribution < 1.29 is 0 Å². The fraction of sp³-hybridized carbons (Fsp3) is 0. The van der Waals surface area contributed by atoms with Crippen LogP contribution in [0.4, 0.5) is 34.1 Å². The number of pyridine rings is 2. The molecule has 2 aliphatic rings. The van der Waals surface area contributed by atoms with E-state index in [4.69, 9.17) is 19.9 Å². The van der Waals surface area contributed by atoms with Crippen LogP contribution in [0, 0.1) is 0 Å². The summed E-state index contributed by atoms with van der Waals surface area (Å²) in [6, 6.07) is 38.4. The van der Waals surface area contributed by atoms with E-state index in [0.717, 1.165) is 67.0 Å². The van der Waals surface area contributed by atoms with Crippen LogP contribution in [-0.2, 0) is 0 Å². The number of aromatic nitrogens is 4. The fourth-order valence-corrected chi connectivity index (χ4v) is 8.70. The van der Waals surface area contributed by atoms with Crippen LogP contribution >= 0.6 is 23.5 Å². The van der Waals surface area contributed by atoms with Crippen molar-refractivity contribution in [1.82, 2.24) is 19.9 Å². The maximum atomic E-state index is 5.10. The molecule has 8 aromatic rings. The summed E-state index contributed by atoms with van der Waals surface area (Å²) >= 11 is 3.59. The first-order valence-electron chi connectivity index (χ1n) is 15.0. The summed E-state index contributed by atoms with van der Waals surface area (Å²) in [5, 5.41) is 1.85. The molecule has 0 radical (unpaired) electrons. The number of fused-ring (bicyclic) bond motifs is 10. The molecule has 216 valence electrons. The third-order valence-electron chi connectivity index (χ3n) is 8.56. The summed E-state index contributed by atoms with van der Waals surface area (Å²) < 4.78 is 0. The van der Waals surface area contributed by atoms with Crippen LogP contribution in [0.2, 0.25) is 0 Å². The lowest BCUT2D eigenvalue weighted by atomic mass is 10.1. The van der Waals surface area contributed by atoms with Crippen LogP contribution in [0.25, 0.3) is 32.8 Å². The van der Waals surface area contributed by atoms with Gasteiger partial charge in [-0.1, -0.05) is 72.1 Å². The first-order valence-corrected chi connectivity index (χ1v) is 16.6. The van der Waals surface area contributed by atoms with Crippen LogP contribution < -0.4 is 9.80 Å². The molecule has 0 saturated heterocycles. The van der Waals surface area contributed by atoms with E-state index < -0.39 is 0 Å². The van der Waals surface area contributed by atoms with Gasteiger partial charge in [-0.05, 0) is 60.7 Å². The van der Waals surface area contributed by atoms with E-state index in [1.54, 1.807) is 35.9 Å². The number of hydrogen-bond acceptors (Lipinski definition) is 8. The Bertz CT molecular complexity index is 2250. The summed E-state index contributed by atoms with van der Waals surface area (Å²) in [6.07, 6.45) is 7.43. The number of rotatable bonds is 2. The molecule has 0 N–H and O–H groups in total. The molecular weight excluding hydrogens is 605 g/mol. The smallest absolute Gasteiger partial charge is 0.0989 e. The topological polar surface area (TPSA) is 58.0 Å². The molecule has 5 aromatic carbocycles. The van der Waals surface area contributed by atoms with Crippen molar-refractivity contribution in [3.63, 3.8) is 0 Å². The molecule has 0 fully saturated rings. The first-order chi connectivity index (χ1) is 22.8. The average molecular weight is 627 g/mol. The monoisotopic (exact) mass is 626 g/mol. The van der Waals surface area contributed by atoms with Crippen molar-refractivity contribution in [2.24, 2.45) is 0 Å². The van der Waals surface area contributed by atoms with E-state index in [9.17, 15) is 0 Å². The van der Waals surface area contributed by atoms with Gasteiger partial charge in [0.1, 0.15) is 0 Å². The molecule has 0 spiro atoms. The van der Waals surface area contributed by atoms with Gasteiger partial charge in [-0.3, -0.25) is 19.9 Å². The maximum absolute atomic E-state index is 5.10. The fourth-order valence-electron chi connectivity index (χ4n) is 6.59. The van der Waals surface area contributed by atoms with E-state index in [1.165, 1.54) is 19.6 Å². The Morgan fingerprint density at radius 3 is 1.09 bits per heavy atom. The summed E-state index contributed by atoms with van der Waals surface area (Å²) in [5.74, 6) is 0. The van der Waals surface area contributed by atoms with Gasteiger partial charge in [0.2, 0.25) is 0 Å². The van der Waals surface area contributed by atoms with Crippen LogP contribution in [0.5, 0.6) is 0 Å². The van der Waals surface area contributed by atoms with Crippen LogP contribution in [0.1, 0.15) is 0 Å². The molecule has 0 saturated carbocycles. The van der Waals surface area contributed by atoms with Crippen LogP contribution in [-0.4, -0.2) is 19.9 Å².